The van der Waals surface area contributed by atoms with Gasteiger partial charge in [-0.1, -0.05) is 11.6 Å². The van der Waals surface area contributed by atoms with Gasteiger partial charge in [0.15, 0.2) is 23.1 Å². The summed E-state index contributed by atoms with van der Waals surface area (Å²) in [5.41, 5.74) is 1.76. The number of piperidine rings is 1. The summed E-state index contributed by atoms with van der Waals surface area (Å²) in [6, 6.07) is 9.00. The summed E-state index contributed by atoms with van der Waals surface area (Å²) in [5, 5.41) is 0.568. The van der Waals surface area contributed by atoms with Crippen molar-refractivity contribution in [2.24, 2.45) is 0 Å². The van der Waals surface area contributed by atoms with Gasteiger partial charge in [-0.2, -0.15) is 0 Å². The lowest BCUT2D eigenvalue weighted by atomic mass is 9.92. The molecule has 0 saturated carbocycles. The molecule has 1 aliphatic rings. The van der Waals surface area contributed by atoms with E-state index in [1.807, 2.05) is 6.92 Å². The molecule has 2 aromatic carbocycles. The first-order valence-corrected chi connectivity index (χ1v) is 10.9. The van der Waals surface area contributed by atoms with Crippen LogP contribution >= 0.6 is 11.6 Å². The third-order valence-corrected chi connectivity index (χ3v) is 6.17. The van der Waals surface area contributed by atoms with Gasteiger partial charge >= 0.3 is 0 Å². The molecule has 1 saturated heterocycles. The number of hydrogen-bond donors (Lipinski definition) is 0. The molecule has 2 atom stereocenters. The van der Waals surface area contributed by atoms with Crippen molar-refractivity contribution in [2.45, 2.75) is 31.7 Å². The zero-order chi connectivity index (χ0) is 23.1. The molecule has 1 amide bonds. The van der Waals surface area contributed by atoms with E-state index in [1.54, 1.807) is 23.1 Å². The van der Waals surface area contributed by atoms with Crippen LogP contribution in [0.5, 0.6) is 0 Å². The van der Waals surface area contributed by atoms with Crippen molar-refractivity contribution in [2.75, 3.05) is 6.54 Å². The van der Waals surface area contributed by atoms with Gasteiger partial charge in [0.05, 0.1) is 23.9 Å². The van der Waals surface area contributed by atoms with Crippen molar-refractivity contribution in [3.63, 3.8) is 0 Å². The van der Waals surface area contributed by atoms with Crippen molar-refractivity contribution >= 4 is 28.6 Å². The Morgan fingerprint density at radius 2 is 1.88 bits per heavy atom. The highest BCUT2D eigenvalue weighted by molar-refractivity contribution is 6.31. The molecule has 1 fully saturated rings. The molecule has 5 rings (SSSR count). The quantitative estimate of drug-likeness (QED) is 0.390. The van der Waals surface area contributed by atoms with Crippen LogP contribution in [0.15, 0.2) is 53.2 Å². The number of aromatic nitrogens is 3. The van der Waals surface area contributed by atoms with Gasteiger partial charge in [-0.15, -0.1) is 0 Å². The zero-order valence-corrected chi connectivity index (χ0v) is 18.4. The molecule has 0 N–H and O–H groups in total. The van der Waals surface area contributed by atoms with Crippen LogP contribution in [0.1, 0.15) is 41.9 Å². The Kier molecular flexibility index (Phi) is 5.54. The summed E-state index contributed by atoms with van der Waals surface area (Å²) >= 11 is 6.06. The maximum absolute atomic E-state index is 14.1. The smallest absolute Gasteiger partial charge is 0.254 e. The Hall–Kier alpha value is -3.39. The van der Waals surface area contributed by atoms with Crippen LogP contribution in [0.2, 0.25) is 5.02 Å². The Morgan fingerprint density at radius 3 is 2.67 bits per heavy atom. The first kappa shape index (κ1) is 21.5. The second-order valence-corrected chi connectivity index (χ2v) is 8.60. The molecule has 0 radical (unpaired) electrons. The molecule has 1 aliphatic heterocycles. The molecule has 0 bridgehead atoms. The third-order valence-electron chi connectivity index (χ3n) is 5.93. The van der Waals surface area contributed by atoms with Gasteiger partial charge in [0, 0.05) is 23.2 Å². The standard InChI is InChI=1S/C24H19ClF2N4O2/c1-13-2-3-14(23-30-20-8-15(25)4-7-21(20)33-23)12-31(13)24(32)19-9-16(26)5-6-18(19)22-28-10-17(27)11-29-22/h4-11,13-14H,2-3,12H2,1H3/t13-,14-/m1/s1. The fourth-order valence-electron chi connectivity index (χ4n) is 4.18. The number of likely N-dealkylation sites (tertiary alicyclic amines) is 1. The normalized spacial score (nSPS) is 18.6. The van der Waals surface area contributed by atoms with E-state index < -0.39 is 11.6 Å². The minimum Gasteiger partial charge on any atom is -0.440 e. The van der Waals surface area contributed by atoms with Crippen LogP contribution in [-0.4, -0.2) is 38.3 Å². The summed E-state index contributed by atoms with van der Waals surface area (Å²) in [6.45, 7) is 2.31. The van der Waals surface area contributed by atoms with E-state index in [4.69, 9.17) is 16.0 Å². The second-order valence-electron chi connectivity index (χ2n) is 8.16. The van der Waals surface area contributed by atoms with E-state index >= 15 is 0 Å². The van der Waals surface area contributed by atoms with Gasteiger partial charge in [-0.3, -0.25) is 4.79 Å². The SMILES string of the molecule is C[C@@H]1CC[C@@H](c2nc3cc(Cl)ccc3o2)CN1C(=O)c1cc(F)ccc1-c1ncc(F)cn1. The predicted octanol–water partition coefficient (Wildman–Crippen LogP) is 5.62. The number of oxazole rings is 1. The number of hydrogen-bond acceptors (Lipinski definition) is 5. The molecule has 4 aromatic rings. The molecule has 0 spiro atoms. The summed E-state index contributed by atoms with van der Waals surface area (Å²) in [6.07, 6.45) is 3.55. The van der Waals surface area contributed by atoms with E-state index in [0.29, 0.717) is 34.1 Å². The van der Waals surface area contributed by atoms with Crippen molar-refractivity contribution in [3.8, 4) is 11.4 Å². The van der Waals surface area contributed by atoms with Gasteiger partial charge in [-0.25, -0.2) is 23.7 Å². The van der Waals surface area contributed by atoms with Crippen LogP contribution in [-0.2, 0) is 0 Å². The fourth-order valence-corrected chi connectivity index (χ4v) is 4.35. The van der Waals surface area contributed by atoms with Gasteiger partial charge in [0.1, 0.15) is 11.3 Å². The molecular weight excluding hydrogens is 450 g/mol. The average molecular weight is 469 g/mol. The van der Waals surface area contributed by atoms with E-state index in [-0.39, 0.29) is 29.3 Å². The summed E-state index contributed by atoms with van der Waals surface area (Å²) in [7, 11) is 0. The van der Waals surface area contributed by atoms with E-state index in [9.17, 15) is 13.6 Å². The number of benzene rings is 2. The highest BCUT2D eigenvalue weighted by Crippen LogP contribution is 2.34. The Balaban J connectivity index is 1.47. The Bertz CT molecular complexity index is 1340. The minimum atomic E-state index is -0.596. The molecular formula is C24H19ClF2N4O2. The number of carbonyl (C=O) groups is 1. The largest absolute Gasteiger partial charge is 0.440 e. The monoisotopic (exact) mass is 468 g/mol. The van der Waals surface area contributed by atoms with Gasteiger partial charge in [0.2, 0.25) is 0 Å². The lowest BCUT2D eigenvalue weighted by Crippen LogP contribution is -2.45. The predicted molar refractivity (Wildman–Crippen MR) is 119 cm³/mol. The van der Waals surface area contributed by atoms with E-state index in [0.717, 1.165) is 25.2 Å². The second kappa shape index (κ2) is 8.51. The van der Waals surface area contributed by atoms with Crippen LogP contribution in [0.3, 0.4) is 0 Å². The van der Waals surface area contributed by atoms with Crippen molar-refractivity contribution in [1.29, 1.82) is 0 Å². The van der Waals surface area contributed by atoms with E-state index in [1.165, 1.54) is 18.2 Å². The van der Waals surface area contributed by atoms with Gasteiger partial charge in [-0.05, 0) is 56.2 Å². The number of halogens is 3. The summed E-state index contributed by atoms with van der Waals surface area (Å²) < 4.78 is 33.4. The van der Waals surface area contributed by atoms with Crippen molar-refractivity contribution < 1.29 is 18.0 Å². The van der Waals surface area contributed by atoms with Crippen LogP contribution < -0.4 is 0 Å². The first-order valence-electron chi connectivity index (χ1n) is 10.5. The molecule has 0 unspecified atom stereocenters. The fraction of sp³-hybridized carbons (Fsp3) is 0.250. The molecule has 0 aliphatic carbocycles. The lowest BCUT2D eigenvalue weighted by Gasteiger charge is -2.37. The van der Waals surface area contributed by atoms with Crippen molar-refractivity contribution in [1.82, 2.24) is 19.9 Å². The highest BCUT2D eigenvalue weighted by Gasteiger charge is 2.34. The molecule has 6 nitrogen and oxygen atoms in total. The number of fused-ring (bicyclic) bond motifs is 1. The molecule has 2 aromatic heterocycles. The molecule has 33 heavy (non-hydrogen) atoms. The number of rotatable bonds is 3. The topological polar surface area (TPSA) is 72.1 Å². The van der Waals surface area contributed by atoms with Crippen molar-refractivity contribution in [3.05, 3.63) is 76.9 Å². The molecule has 168 valence electrons. The number of nitrogens with zero attached hydrogens (tertiary/aromatic N) is 4. The Morgan fingerprint density at radius 1 is 1.09 bits per heavy atom. The highest BCUT2D eigenvalue weighted by atomic mass is 35.5. The average Bonchev–Trinajstić information content (AvgIpc) is 3.23. The number of carbonyl (C=O) groups excluding carboxylic acids is 1. The van der Waals surface area contributed by atoms with E-state index in [2.05, 4.69) is 15.0 Å². The van der Waals surface area contributed by atoms with Crippen LogP contribution in [0.4, 0.5) is 8.78 Å². The minimum absolute atomic E-state index is 0.0715. The van der Waals surface area contributed by atoms with Gasteiger partial charge in [0.25, 0.3) is 5.91 Å². The van der Waals surface area contributed by atoms with Crippen LogP contribution in [0.25, 0.3) is 22.5 Å². The molecule has 3 heterocycles. The van der Waals surface area contributed by atoms with Gasteiger partial charge < -0.3 is 9.32 Å². The summed E-state index contributed by atoms with van der Waals surface area (Å²) in [4.78, 5) is 27.8. The molecule has 9 heteroatoms. The Labute approximate surface area is 193 Å². The summed E-state index contributed by atoms with van der Waals surface area (Å²) in [5.74, 6) is -0.929. The lowest BCUT2D eigenvalue weighted by molar-refractivity contribution is 0.0598. The zero-order valence-electron chi connectivity index (χ0n) is 17.6. The number of amides is 1. The maximum atomic E-state index is 14.1. The maximum Gasteiger partial charge on any atom is 0.254 e. The first-order chi connectivity index (χ1) is 15.9. The van der Waals surface area contributed by atoms with Crippen LogP contribution in [0, 0.1) is 11.6 Å². The third kappa shape index (κ3) is 4.18.